The first-order valence-electron chi connectivity index (χ1n) is 5.16. The molecule has 0 radical (unpaired) electrons. The highest BCUT2D eigenvalue weighted by molar-refractivity contribution is 5.11. The zero-order chi connectivity index (χ0) is 8.39. The van der Waals surface area contributed by atoms with Gasteiger partial charge < -0.3 is 4.74 Å². The zero-order valence-corrected chi connectivity index (χ0v) is 7.88. The van der Waals surface area contributed by atoms with Gasteiger partial charge in [0.25, 0.3) is 0 Å². The summed E-state index contributed by atoms with van der Waals surface area (Å²) in [5, 5.41) is 0. The molecule has 0 bridgehead atoms. The summed E-state index contributed by atoms with van der Waals surface area (Å²) in [5.74, 6) is 0.831. The molecule has 1 atom stereocenters. The standard InChI is InChI=1S/C11H18O/c1-9-7-8-12-11(9)10-5-3-2-4-6-10/h7,10-11H,2-6,8H2,1H3/t11-/m0/s1. The van der Waals surface area contributed by atoms with E-state index in [9.17, 15) is 0 Å². The lowest BCUT2D eigenvalue weighted by molar-refractivity contribution is 0.0587. The van der Waals surface area contributed by atoms with Crippen LogP contribution in [0.15, 0.2) is 11.6 Å². The fourth-order valence-electron chi connectivity index (χ4n) is 2.48. The van der Waals surface area contributed by atoms with Gasteiger partial charge in [-0.2, -0.15) is 0 Å². The third-order valence-electron chi connectivity index (χ3n) is 3.21. The molecule has 2 rings (SSSR count). The normalized spacial score (nSPS) is 32.1. The van der Waals surface area contributed by atoms with E-state index in [1.54, 1.807) is 0 Å². The lowest BCUT2D eigenvalue weighted by Crippen LogP contribution is -2.24. The molecule has 0 amide bonds. The van der Waals surface area contributed by atoms with Crippen molar-refractivity contribution in [3.05, 3.63) is 11.6 Å². The van der Waals surface area contributed by atoms with Gasteiger partial charge in [-0.1, -0.05) is 25.3 Å². The fraction of sp³-hybridized carbons (Fsp3) is 0.818. The second-order valence-electron chi connectivity index (χ2n) is 4.10. The maximum Gasteiger partial charge on any atom is 0.0815 e. The second-order valence-corrected chi connectivity index (χ2v) is 4.10. The van der Waals surface area contributed by atoms with E-state index in [0.717, 1.165) is 12.5 Å². The SMILES string of the molecule is CC1=CCO[C@@H]1C1CCCCC1. The second kappa shape index (κ2) is 3.61. The van der Waals surface area contributed by atoms with E-state index in [4.69, 9.17) is 4.74 Å². The Morgan fingerprint density at radius 2 is 2.00 bits per heavy atom. The van der Waals surface area contributed by atoms with Crippen LogP contribution in [0.3, 0.4) is 0 Å². The molecule has 1 heterocycles. The molecule has 1 fully saturated rings. The summed E-state index contributed by atoms with van der Waals surface area (Å²) >= 11 is 0. The van der Waals surface area contributed by atoms with E-state index in [2.05, 4.69) is 13.0 Å². The van der Waals surface area contributed by atoms with Crippen molar-refractivity contribution >= 4 is 0 Å². The molecule has 12 heavy (non-hydrogen) atoms. The van der Waals surface area contributed by atoms with Gasteiger partial charge in [0.1, 0.15) is 0 Å². The third kappa shape index (κ3) is 1.56. The van der Waals surface area contributed by atoms with Crippen molar-refractivity contribution in [2.24, 2.45) is 5.92 Å². The van der Waals surface area contributed by atoms with E-state index >= 15 is 0 Å². The first-order valence-corrected chi connectivity index (χ1v) is 5.16. The molecule has 1 aliphatic heterocycles. The van der Waals surface area contributed by atoms with Crippen LogP contribution in [0.1, 0.15) is 39.0 Å². The molecule has 0 aromatic carbocycles. The molecule has 0 spiro atoms. The summed E-state index contributed by atoms with van der Waals surface area (Å²) in [6.45, 7) is 3.07. The molecule has 0 N–H and O–H groups in total. The van der Waals surface area contributed by atoms with Gasteiger partial charge in [-0.05, 0) is 31.3 Å². The van der Waals surface area contributed by atoms with Crippen LogP contribution >= 0.6 is 0 Å². The largest absolute Gasteiger partial charge is 0.370 e. The molecule has 68 valence electrons. The summed E-state index contributed by atoms with van der Waals surface area (Å²) in [4.78, 5) is 0. The van der Waals surface area contributed by atoms with Crippen molar-refractivity contribution in [2.75, 3.05) is 6.61 Å². The molecule has 0 aromatic rings. The highest BCUT2D eigenvalue weighted by Crippen LogP contribution is 2.32. The molecule has 1 aliphatic carbocycles. The van der Waals surface area contributed by atoms with E-state index in [1.165, 1.54) is 37.7 Å². The van der Waals surface area contributed by atoms with E-state index in [0.29, 0.717) is 6.10 Å². The topological polar surface area (TPSA) is 9.23 Å². The molecular formula is C11H18O. The maximum absolute atomic E-state index is 5.71. The van der Waals surface area contributed by atoms with Gasteiger partial charge in [0.05, 0.1) is 12.7 Å². The molecule has 0 aromatic heterocycles. The Morgan fingerprint density at radius 3 is 2.58 bits per heavy atom. The van der Waals surface area contributed by atoms with Crippen LogP contribution in [0.2, 0.25) is 0 Å². The zero-order valence-electron chi connectivity index (χ0n) is 7.88. The third-order valence-corrected chi connectivity index (χ3v) is 3.21. The van der Waals surface area contributed by atoms with Crippen molar-refractivity contribution in [3.63, 3.8) is 0 Å². The van der Waals surface area contributed by atoms with Gasteiger partial charge in [0, 0.05) is 0 Å². The number of ether oxygens (including phenoxy) is 1. The van der Waals surface area contributed by atoms with Crippen LogP contribution in [0.25, 0.3) is 0 Å². The predicted molar refractivity (Wildman–Crippen MR) is 50.1 cm³/mol. The Labute approximate surface area is 74.8 Å². The molecule has 0 saturated heterocycles. The summed E-state index contributed by atoms with van der Waals surface area (Å²) in [6.07, 6.45) is 9.75. The number of hydrogen-bond donors (Lipinski definition) is 0. The minimum Gasteiger partial charge on any atom is -0.370 e. The van der Waals surface area contributed by atoms with Crippen molar-refractivity contribution in [1.29, 1.82) is 0 Å². The highest BCUT2D eigenvalue weighted by Gasteiger charge is 2.27. The first-order chi connectivity index (χ1) is 5.88. The Hall–Kier alpha value is -0.300. The predicted octanol–water partition coefficient (Wildman–Crippen LogP) is 2.91. The average molecular weight is 166 g/mol. The van der Waals surface area contributed by atoms with Gasteiger partial charge in [-0.15, -0.1) is 0 Å². The van der Waals surface area contributed by atoms with Gasteiger partial charge >= 0.3 is 0 Å². The molecule has 1 saturated carbocycles. The quantitative estimate of drug-likeness (QED) is 0.544. The van der Waals surface area contributed by atoms with Gasteiger partial charge in [0.2, 0.25) is 0 Å². The minimum absolute atomic E-state index is 0.477. The molecule has 1 heteroatoms. The molecule has 1 nitrogen and oxygen atoms in total. The fourth-order valence-corrected chi connectivity index (χ4v) is 2.48. The van der Waals surface area contributed by atoms with Crippen molar-refractivity contribution in [3.8, 4) is 0 Å². The number of hydrogen-bond acceptors (Lipinski definition) is 1. The molecular weight excluding hydrogens is 148 g/mol. The van der Waals surface area contributed by atoms with E-state index < -0.39 is 0 Å². The van der Waals surface area contributed by atoms with Crippen LogP contribution in [-0.2, 0) is 4.74 Å². The Morgan fingerprint density at radius 1 is 1.25 bits per heavy atom. The summed E-state index contributed by atoms with van der Waals surface area (Å²) < 4.78 is 5.71. The highest BCUT2D eigenvalue weighted by atomic mass is 16.5. The van der Waals surface area contributed by atoms with E-state index in [-0.39, 0.29) is 0 Å². The van der Waals surface area contributed by atoms with Crippen molar-refractivity contribution in [2.45, 2.75) is 45.1 Å². The van der Waals surface area contributed by atoms with Crippen LogP contribution in [0.5, 0.6) is 0 Å². The van der Waals surface area contributed by atoms with Crippen molar-refractivity contribution < 1.29 is 4.74 Å². The summed E-state index contributed by atoms with van der Waals surface area (Å²) in [5.41, 5.74) is 1.47. The smallest absolute Gasteiger partial charge is 0.0815 e. The average Bonchev–Trinajstić information content (AvgIpc) is 2.53. The minimum atomic E-state index is 0.477. The lowest BCUT2D eigenvalue weighted by atomic mass is 9.83. The first kappa shape index (κ1) is 8.31. The summed E-state index contributed by atoms with van der Waals surface area (Å²) in [6, 6.07) is 0. The van der Waals surface area contributed by atoms with E-state index in [1.807, 2.05) is 0 Å². The Kier molecular flexibility index (Phi) is 2.50. The van der Waals surface area contributed by atoms with Crippen LogP contribution in [-0.4, -0.2) is 12.7 Å². The number of rotatable bonds is 1. The van der Waals surface area contributed by atoms with Crippen LogP contribution in [0.4, 0.5) is 0 Å². The van der Waals surface area contributed by atoms with Crippen LogP contribution in [0, 0.1) is 5.92 Å². The van der Waals surface area contributed by atoms with Gasteiger partial charge in [-0.3, -0.25) is 0 Å². The van der Waals surface area contributed by atoms with Gasteiger partial charge in [-0.25, -0.2) is 0 Å². The van der Waals surface area contributed by atoms with Gasteiger partial charge in [0.15, 0.2) is 0 Å². The monoisotopic (exact) mass is 166 g/mol. The Bertz CT molecular complexity index is 177. The molecule has 0 unspecified atom stereocenters. The summed E-state index contributed by atoms with van der Waals surface area (Å²) in [7, 11) is 0. The van der Waals surface area contributed by atoms with Crippen LogP contribution < -0.4 is 0 Å². The Balaban J connectivity index is 1.94. The maximum atomic E-state index is 5.71. The van der Waals surface area contributed by atoms with Crippen molar-refractivity contribution in [1.82, 2.24) is 0 Å². The lowest BCUT2D eigenvalue weighted by Gasteiger charge is -2.27. The molecule has 2 aliphatic rings.